The molecule has 3 N–H and O–H groups in total. The Morgan fingerprint density at radius 3 is 2.72 bits per heavy atom. The number of nitrogens with one attached hydrogen (secondary N) is 3. The Kier molecular flexibility index (Phi) is 7.19. The maximum absolute atomic E-state index is 13.1. The van der Waals surface area contributed by atoms with Crippen molar-refractivity contribution in [3.05, 3.63) is 107 Å². The summed E-state index contributed by atoms with van der Waals surface area (Å²) in [6.45, 7) is 3.97. The molecule has 6 heteroatoms. The molecule has 0 spiro atoms. The monoisotopic (exact) mass is 405 g/mol. The molecule has 2 amide bonds. The normalized spacial score (nSPS) is 18.6. The summed E-state index contributed by atoms with van der Waals surface area (Å²) in [6.07, 6.45) is 10.5. The number of hydrogen-bond donors (Lipinski definition) is 3. The molecule has 0 fully saturated rings. The maximum Gasteiger partial charge on any atom is 0.262 e. The van der Waals surface area contributed by atoms with Crippen LogP contribution in [0.4, 0.5) is 0 Å². The molecule has 0 aliphatic carbocycles. The van der Waals surface area contributed by atoms with Crippen LogP contribution in [0.5, 0.6) is 0 Å². The summed E-state index contributed by atoms with van der Waals surface area (Å²) in [5.41, 5.74) is 2.09. The molecule has 2 heterocycles. The highest BCUT2D eigenvalue weighted by Gasteiger charge is 2.23. The number of rotatable bonds is 6. The summed E-state index contributed by atoms with van der Waals surface area (Å²) in [5, 5.41) is 10.6. The number of carbonyl (C=O) groups excluding carboxylic acids is 2. The molecule has 1 aromatic carbocycles. The zero-order valence-corrected chi connectivity index (χ0v) is 16.7. The van der Waals surface area contributed by atoms with E-state index in [9.17, 15) is 9.59 Å². The Bertz CT molecular complexity index is 944. The van der Waals surface area contributed by atoms with Crippen LogP contribution >= 0.6 is 11.3 Å². The summed E-state index contributed by atoms with van der Waals surface area (Å²) in [7, 11) is 0. The lowest BCUT2D eigenvalue weighted by Crippen LogP contribution is -2.48. The first-order chi connectivity index (χ1) is 14.1. The van der Waals surface area contributed by atoms with Gasteiger partial charge in [0, 0.05) is 6.42 Å². The van der Waals surface area contributed by atoms with E-state index in [2.05, 4.69) is 22.5 Å². The molecule has 1 unspecified atom stereocenters. The molecule has 1 aromatic heterocycles. The van der Waals surface area contributed by atoms with Crippen LogP contribution in [-0.2, 0) is 11.2 Å². The lowest BCUT2D eigenvalue weighted by atomic mass is 10.0. The Labute approximate surface area is 174 Å². The molecule has 1 aliphatic rings. The summed E-state index contributed by atoms with van der Waals surface area (Å²) >= 11 is 1.34. The van der Waals surface area contributed by atoms with Gasteiger partial charge in [-0.1, -0.05) is 61.2 Å². The molecule has 0 saturated heterocycles. The molecule has 1 atom stereocenters. The van der Waals surface area contributed by atoms with E-state index in [1.54, 1.807) is 18.3 Å². The fourth-order valence-electron chi connectivity index (χ4n) is 2.76. The van der Waals surface area contributed by atoms with Crippen LogP contribution in [0.25, 0.3) is 0 Å². The maximum atomic E-state index is 13.1. The van der Waals surface area contributed by atoms with E-state index in [-0.39, 0.29) is 11.8 Å². The first kappa shape index (κ1) is 20.4. The number of carbonyl (C=O) groups is 2. The highest BCUT2D eigenvalue weighted by molar-refractivity contribution is 7.12. The summed E-state index contributed by atoms with van der Waals surface area (Å²) in [6, 6.07) is 12.4. The molecule has 0 radical (unpaired) electrons. The molecular weight excluding hydrogens is 382 g/mol. The second-order valence-electron chi connectivity index (χ2n) is 6.45. The molecular formula is C23H23N3O2S. The third-order valence-electron chi connectivity index (χ3n) is 4.28. The average molecular weight is 406 g/mol. The Morgan fingerprint density at radius 1 is 1.14 bits per heavy atom. The van der Waals surface area contributed by atoms with Crippen molar-refractivity contribution in [2.24, 2.45) is 0 Å². The van der Waals surface area contributed by atoms with Gasteiger partial charge in [-0.15, -0.1) is 11.3 Å². The molecule has 148 valence electrons. The molecule has 29 heavy (non-hydrogen) atoms. The van der Waals surface area contributed by atoms with Gasteiger partial charge in [0.05, 0.1) is 16.3 Å². The van der Waals surface area contributed by atoms with E-state index in [1.165, 1.54) is 11.3 Å². The average Bonchev–Trinajstić information content (AvgIpc) is 3.28. The highest BCUT2D eigenvalue weighted by Crippen LogP contribution is 2.11. The molecule has 5 nitrogen and oxygen atoms in total. The van der Waals surface area contributed by atoms with Gasteiger partial charge in [0.1, 0.15) is 6.04 Å². The lowest BCUT2D eigenvalue weighted by molar-refractivity contribution is -0.122. The lowest BCUT2D eigenvalue weighted by Gasteiger charge is -2.20. The quantitative estimate of drug-likeness (QED) is 0.687. The number of thiophene rings is 1. The molecule has 0 bridgehead atoms. The van der Waals surface area contributed by atoms with Crippen LogP contribution < -0.4 is 16.0 Å². The molecule has 2 aromatic rings. The Hall–Kier alpha value is -3.38. The van der Waals surface area contributed by atoms with Gasteiger partial charge < -0.3 is 16.0 Å². The van der Waals surface area contributed by atoms with E-state index >= 15 is 0 Å². The number of benzene rings is 1. The van der Waals surface area contributed by atoms with Crippen LogP contribution in [-0.4, -0.2) is 17.9 Å². The van der Waals surface area contributed by atoms with Crippen LogP contribution in [0.15, 0.2) is 96.3 Å². The Balaban J connectivity index is 1.78. The van der Waals surface area contributed by atoms with Crippen molar-refractivity contribution in [3.8, 4) is 0 Å². The van der Waals surface area contributed by atoms with Crippen molar-refractivity contribution in [2.45, 2.75) is 18.9 Å². The van der Waals surface area contributed by atoms with Crippen molar-refractivity contribution in [3.63, 3.8) is 0 Å². The fourth-order valence-corrected chi connectivity index (χ4v) is 3.39. The molecule has 0 saturated carbocycles. The van der Waals surface area contributed by atoms with Gasteiger partial charge in [-0.2, -0.15) is 0 Å². The van der Waals surface area contributed by atoms with Gasteiger partial charge in [-0.3, -0.25) is 9.59 Å². The van der Waals surface area contributed by atoms with E-state index < -0.39 is 6.04 Å². The van der Waals surface area contributed by atoms with Gasteiger partial charge in [0.25, 0.3) is 5.91 Å². The largest absolute Gasteiger partial charge is 0.361 e. The summed E-state index contributed by atoms with van der Waals surface area (Å²) < 4.78 is 0. The minimum Gasteiger partial charge on any atom is -0.361 e. The third kappa shape index (κ3) is 6.05. The van der Waals surface area contributed by atoms with Crippen LogP contribution in [0.3, 0.4) is 0 Å². The van der Waals surface area contributed by atoms with Crippen LogP contribution in [0.1, 0.15) is 21.7 Å². The van der Waals surface area contributed by atoms with Gasteiger partial charge in [0.2, 0.25) is 5.91 Å². The van der Waals surface area contributed by atoms with Gasteiger partial charge in [0.15, 0.2) is 0 Å². The van der Waals surface area contributed by atoms with Crippen molar-refractivity contribution in [1.29, 1.82) is 0 Å². The first-order valence-electron chi connectivity index (χ1n) is 9.30. The minimum atomic E-state index is -0.729. The molecule has 3 rings (SSSR count). The third-order valence-corrected chi connectivity index (χ3v) is 5.15. The van der Waals surface area contributed by atoms with Gasteiger partial charge in [-0.25, -0.2) is 0 Å². The number of hydrogen-bond acceptors (Lipinski definition) is 4. The first-order valence-corrected chi connectivity index (χ1v) is 10.2. The Morgan fingerprint density at radius 2 is 1.97 bits per heavy atom. The highest BCUT2D eigenvalue weighted by atomic mass is 32.1. The second kappa shape index (κ2) is 10.2. The smallest absolute Gasteiger partial charge is 0.262 e. The van der Waals surface area contributed by atoms with Crippen LogP contribution in [0, 0.1) is 0 Å². The van der Waals surface area contributed by atoms with Crippen molar-refractivity contribution in [1.82, 2.24) is 16.0 Å². The summed E-state index contributed by atoms with van der Waals surface area (Å²) in [4.78, 5) is 26.2. The molecule has 1 aliphatic heterocycles. The zero-order chi connectivity index (χ0) is 20.5. The van der Waals surface area contributed by atoms with E-state index in [0.717, 1.165) is 12.0 Å². The van der Waals surface area contributed by atoms with E-state index in [0.29, 0.717) is 22.7 Å². The van der Waals surface area contributed by atoms with Crippen molar-refractivity contribution < 1.29 is 9.59 Å². The van der Waals surface area contributed by atoms with Crippen molar-refractivity contribution >= 4 is 23.2 Å². The summed E-state index contributed by atoms with van der Waals surface area (Å²) in [5.74, 6) is -0.566. The van der Waals surface area contributed by atoms with Crippen molar-refractivity contribution in [2.75, 3.05) is 0 Å². The predicted molar refractivity (Wildman–Crippen MR) is 117 cm³/mol. The second-order valence-corrected chi connectivity index (χ2v) is 7.40. The minimum absolute atomic E-state index is 0.265. The zero-order valence-electron chi connectivity index (χ0n) is 15.9. The fraction of sp³-hybridized carbons (Fsp3) is 0.130. The van der Waals surface area contributed by atoms with E-state index in [4.69, 9.17) is 0 Å². The number of allylic oxidation sites excluding steroid dienone is 4. The number of amides is 2. The topological polar surface area (TPSA) is 70.2 Å². The SMILES string of the molecule is C=C1N/C=C\C/C=C\C=C/1NC(=O)C(Cc1ccccc1)NC(=O)c1cccs1. The predicted octanol–water partition coefficient (Wildman–Crippen LogP) is 3.67. The van der Waals surface area contributed by atoms with Crippen LogP contribution in [0.2, 0.25) is 0 Å². The standard InChI is InChI=1S/C23H23N3O2S/c1-17-19(12-7-2-3-8-14-24-17)25-22(27)20(16-18-10-5-4-6-11-18)26-23(28)21-13-9-15-29-21/h2,4-15,20,24H,1,3,16H2,(H,25,27)(H,26,28)/b7-2-,14-8-,19-12+. The van der Waals surface area contributed by atoms with Gasteiger partial charge >= 0.3 is 0 Å². The van der Waals surface area contributed by atoms with E-state index in [1.807, 2.05) is 60.0 Å². The van der Waals surface area contributed by atoms with Gasteiger partial charge in [-0.05, 0) is 35.7 Å².